The second-order valence-electron chi connectivity index (χ2n) is 5.26. The number of rotatable bonds is 2. The molecule has 1 saturated heterocycles. The second kappa shape index (κ2) is 5.07. The third-order valence-corrected chi connectivity index (χ3v) is 3.96. The number of hydrogen-bond acceptors (Lipinski definition) is 3. The molecule has 0 atom stereocenters. The Labute approximate surface area is 111 Å². The van der Waals surface area contributed by atoms with E-state index < -0.39 is 17.5 Å². The van der Waals surface area contributed by atoms with Gasteiger partial charge in [0.15, 0.2) is 0 Å². The van der Waals surface area contributed by atoms with Crippen LogP contribution >= 0.6 is 0 Å². The van der Waals surface area contributed by atoms with Crippen LogP contribution in [0.4, 0.5) is 4.79 Å². The summed E-state index contributed by atoms with van der Waals surface area (Å²) in [6.07, 6.45) is 2.51. The summed E-state index contributed by atoms with van der Waals surface area (Å²) in [5.41, 5.74) is -1.15. The Morgan fingerprint density at radius 2 is 1.89 bits per heavy atom. The van der Waals surface area contributed by atoms with Gasteiger partial charge in [0.1, 0.15) is 12.1 Å². The molecule has 2 aliphatic rings. The minimum atomic E-state index is -1.15. The molecule has 2 N–H and O–H groups in total. The fraction of sp³-hybridized carbons (Fsp3) is 0.750. The van der Waals surface area contributed by atoms with Crippen molar-refractivity contribution in [2.24, 2.45) is 0 Å². The number of nitrogens with zero attached hydrogens (tertiary/aromatic N) is 2. The van der Waals surface area contributed by atoms with Crippen molar-refractivity contribution in [2.45, 2.75) is 31.2 Å². The molecule has 2 rings (SSSR count). The highest BCUT2D eigenvalue weighted by atomic mass is 16.4. The van der Waals surface area contributed by atoms with Crippen LogP contribution in [0.15, 0.2) is 0 Å². The van der Waals surface area contributed by atoms with E-state index in [9.17, 15) is 19.5 Å². The van der Waals surface area contributed by atoms with Gasteiger partial charge in [-0.1, -0.05) is 12.8 Å². The summed E-state index contributed by atoms with van der Waals surface area (Å²) >= 11 is 0. The van der Waals surface area contributed by atoms with Gasteiger partial charge in [-0.3, -0.25) is 4.79 Å². The largest absolute Gasteiger partial charge is 0.480 e. The van der Waals surface area contributed by atoms with Crippen LogP contribution in [0.5, 0.6) is 0 Å². The molecule has 0 spiro atoms. The molecule has 0 unspecified atom stereocenters. The summed E-state index contributed by atoms with van der Waals surface area (Å²) in [6.45, 7) is 0.925. The Kier molecular flexibility index (Phi) is 3.64. The van der Waals surface area contributed by atoms with Crippen LogP contribution in [-0.4, -0.2) is 65.0 Å². The van der Waals surface area contributed by atoms with Crippen molar-refractivity contribution in [3.05, 3.63) is 0 Å². The molecule has 0 bridgehead atoms. The third-order valence-electron chi connectivity index (χ3n) is 3.96. The molecule has 106 valence electrons. The quantitative estimate of drug-likeness (QED) is 0.730. The van der Waals surface area contributed by atoms with E-state index in [0.29, 0.717) is 25.9 Å². The van der Waals surface area contributed by atoms with Gasteiger partial charge in [-0.2, -0.15) is 0 Å². The van der Waals surface area contributed by atoms with Crippen LogP contribution in [0.1, 0.15) is 25.7 Å². The van der Waals surface area contributed by atoms with Gasteiger partial charge in [-0.25, -0.2) is 9.59 Å². The second-order valence-corrected chi connectivity index (χ2v) is 5.26. The maximum atomic E-state index is 12.1. The molecule has 0 aromatic carbocycles. The molecule has 1 aliphatic heterocycles. The van der Waals surface area contributed by atoms with Crippen LogP contribution in [0.25, 0.3) is 0 Å². The first kappa shape index (κ1) is 13.6. The highest BCUT2D eigenvalue weighted by Crippen LogP contribution is 2.30. The van der Waals surface area contributed by atoms with Crippen LogP contribution in [0.2, 0.25) is 0 Å². The van der Waals surface area contributed by atoms with E-state index >= 15 is 0 Å². The zero-order valence-electron chi connectivity index (χ0n) is 11.0. The van der Waals surface area contributed by atoms with E-state index in [0.717, 1.165) is 12.8 Å². The lowest BCUT2D eigenvalue weighted by Crippen LogP contribution is -2.60. The molecule has 19 heavy (non-hydrogen) atoms. The molecular formula is C12H19N3O4. The average molecular weight is 269 g/mol. The Morgan fingerprint density at radius 1 is 1.26 bits per heavy atom. The van der Waals surface area contributed by atoms with Crippen molar-refractivity contribution in [1.82, 2.24) is 15.1 Å². The van der Waals surface area contributed by atoms with E-state index in [1.807, 2.05) is 0 Å². The van der Waals surface area contributed by atoms with Crippen molar-refractivity contribution in [3.8, 4) is 0 Å². The van der Waals surface area contributed by atoms with Crippen molar-refractivity contribution in [3.63, 3.8) is 0 Å². The lowest BCUT2D eigenvalue weighted by atomic mass is 9.98. The van der Waals surface area contributed by atoms with E-state index in [2.05, 4.69) is 5.32 Å². The van der Waals surface area contributed by atoms with Gasteiger partial charge < -0.3 is 20.2 Å². The van der Waals surface area contributed by atoms with Gasteiger partial charge in [-0.15, -0.1) is 0 Å². The van der Waals surface area contributed by atoms with Gasteiger partial charge in [0.05, 0.1) is 0 Å². The molecule has 0 aromatic rings. The summed E-state index contributed by atoms with van der Waals surface area (Å²) < 4.78 is 0. The molecule has 1 saturated carbocycles. The van der Waals surface area contributed by atoms with E-state index in [4.69, 9.17) is 0 Å². The highest BCUT2D eigenvalue weighted by molar-refractivity contribution is 5.89. The Hall–Kier alpha value is -1.79. The first-order chi connectivity index (χ1) is 8.94. The summed E-state index contributed by atoms with van der Waals surface area (Å²) in [5.74, 6) is -1.11. The minimum absolute atomic E-state index is 0.0119. The fourth-order valence-corrected chi connectivity index (χ4v) is 2.59. The van der Waals surface area contributed by atoms with E-state index in [-0.39, 0.29) is 12.5 Å². The van der Waals surface area contributed by atoms with Crippen molar-refractivity contribution in [1.29, 1.82) is 0 Å². The number of carbonyl (C=O) groups excluding carboxylic acids is 2. The number of piperazine rings is 1. The number of hydrogen-bond donors (Lipinski definition) is 2. The summed E-state index contributed by atoms with van der Waals surface area (Å²) in [7, 11) is 1.69. The number of carboxylic acid groups (broad SMARTS) is 1. The lowest BCUT2D eigenvalue weighted by molar-refractivity contribution is -0.144. The molecule has 0 aromatic heterocycles. The number of nitrogens with one attached hydrogen (secondary N) is 1. The maximum Gasteiger partial charge on any atom is 0.329 e. The number of aliphatic carboxylic acids is 1. The monoisotopic (exact) mass is 269 g/mol. The Morgan fingerprint density at radius 3 is 2.42 bits per heavy atom. The molecule has 1 heterocycles. The van der Waals surface area contributed by atoms with Crippen LogP contribution in [0, 0.1) is 0 Å². The number of carbonyl (C=O) groups is 3. The van der Waals surface area contributed by atoms with Gasteiger partial charge in [0, 0.05) is 20.1 Å². The molecule has 0 radical (unpaired) electrons. The molecular weight excluding hydrogens is 250 g/mol. The molecule has 3 amide bonds. The highest BCUT2D eigenvalue weighted by Gasteiger charge is 2.43. The predicted molar refractivity (Wildman–Crippen MR) is 66.6 cm³/mol. The third kappa shape index (κ3) is 2.64. The maximum absolute atomic E-state index is 12.1. The van der Waals surface area contributed by atoms with Gasteiger partial charge in [-0.05, 0) is 12.8 Å². The van der Waals surface area contributed by atoms with Crippen LogP contribution < -0.4 is 5.32 Å². The molecule has 1 aliphatic carbocycles. The van der Waals surface area contributed by atoms with E-state index in [1.165, 1.54) is 4.90 Å². The smallest absolute Gasteiger partial charge is 0.329 e. The Bertz CT molecular complexity index is 404. The minimum Gasteiger partial charge on any atom is -0.480 e. The van der Waals surface area contributed by atoms with Gasteiger partial charge >= 0.3 is 12.0 Å². The summed E-state index contributed by atoms with van der Waals surface area (Å²) in [5, 5.41) is 11.9. The predicted octanol–water partition coefficient (Wildman–Crippen LogP) is -0.133. The normalized spacial score (nSPS) is 22.5. The first-order valence-corrected chi connectivity index (χ1v) is 6.49. The molecule has 7 heteroatoms. The van der Waals surface area contributed by atoms with Crippen molar-refractivity contribution in [2.75, 3.05) is 26.7 Å². The SMILES string of the molecule is CN1CCN(C(=O)NC2(C(=O)O)CCCC2)CC1=O. The molecule has 7 nitrogen and oxygen atoms in total. The first-order valence-electron chi connectivity index (χ1n) is 6.49. The zero-order chi connectivity index (χ0) is 14.0. The van der Waals surface area contributed by atoms with Crippen LogP contribution in [0.3, 0.4) is 0 Å². The standard InChI is InChI=1S/C12H19N3O4/c1-14-6-7-15(8-9(14)16)11(19)13-12(10(17)18)4-2-3-5-12/h2-8H2,1H3,(H,13,19)(H,17,18). The topological polar surface area (TPSA) is 89.9 Å². The van der Waals surface area contributed by atoms with Crippen molar-refractivity contribution < 1.29 is 19.5 Å². The van der Waals surface area contributed by atoms with Crippen LogP contribution in [-0.2, 0) is 9.59 Å². The number of carboxylic acids is 1. The fourth-order valence-electron chi connectivity index (χ4n) is 2.59. The average Bonchev–Trinajstić information content (AvgIpc) is 2.82. The van der Waals surface area contributed by atoms with Crippen molar-refractivity contribution >= 4 is 17.9 Å². The zero-order valence-corrected chi connectivity index (χ0v) is 11.0. The van der Waals surface area contributed by atoms with E-state index in [1.54, 1.807) is 11.9 Å². The number of urea groups is 1. The summed E-state index contributed by atoms with van der Waals surface area (Å²) in [4.78, 5) is 37.9. The summed E-state index contributed by atoms with van der Waals surface area (Å²) in [6, 6.07) is -0.453. The number of likely N-dealkylation sites (N-methyl/N-ethyl adjacent to an activating group) is 1. The number of amides is 3. The van der Waals surface area contributed by atoms with Gasteiger partial charge in [0.2, 0.25) is 5.91 Å². The molecule has 2 fully saturated rings. The van der Waals surface area contributed by atoms with Gasteiger partial charge in [0.25, 0.3) is 0 Å². The lowest BCUT2D eigenvalue weighted by Gasteiger charge is -2.34. The Balaban J connectivity index is 2.00.